The molecule has 1 atom stereocenters. The number of piperazine rings is 1. The van der Waals surface area contributed by atoms with Crippen LogP contribution in [0.1, 0.15) is 41.8 Å². The predicted octanol–water partition coefficient (Wildman–Crippen LogP) is 2.95. The first-order valence-corrected chi connectivity index (χ1v) is 11.3. The third-order valence-electron chi connectivity index (χ3n) is 5.38. The number of hydrogen-bond acceptors (Lipinski definition) is 3. The number of amides is 2. The average Bonchev–Trinajstić information content (AvgIpc) is 2.82. The number of guanidine groups is 1. The third kappa shape index (κ3) is 8.68. The Morgan fingerprint density at radius 3 is 2.52 bits per heavy atom. The van der Waals surface area contributed by atoms with Gasteiger partial charge in [-0.3, -0.25) is 9.59 Å². The van der Waals surface area contributed by atoms with Crippen LogP contribution in [0.4, 0.5) is 0 Å². The van der Waals surface area contributed by atoms with Gasteiger partial charge in [0.25, 0.3) is 5.91 Å². The van der Waals surface area contributed by atoms with Gasteiger partial charge >= 0.3 is 0 Å². The molecule has 3 N–H and O–H groups in total. The number of carbonyl (C=O) groups is 2. The minimum Gasteiger partial charge on any atom is -0.357 e. The Hall–Kier alpha value is -2.62. The molecule has 1 fully saturated rings. The van der Waals surface area contributed by atoms with E-state index >= 15 is 0 Å². The van der Waals surface area contributed by atoms with E-state index in [2.05, 4.69) is 47.1 Å². The SMILES string of the molecule is CCNC(=NCc1ccc(C(=O)N2CCNC(=O)C2)cc1)NC(C)CCc1ccccc1.I. The lowest BCUT2D eigenvalue weighted by Crippen LogP contribution is -2.49. The Bertz CT molecular complexity index is 918. The Labute approximate surface area is 213 Å². The van der Waals surface area contributed by atoms with Crippen LogP contribution in [0.15, 0.2) is 59.6 Å². The summed E-state index contributed by atoms with van der Waals surface area (Å²) in [5, 5.41) is 9.51. The van der Waals surface area contributed by atoms with Crippen LogP contribution in [0.5, 0.6) is 0 Å². The van der Waals surface area contributed by atoms with Crippen LogP contribution in [0, 0.1) is 0 Å². The normalized spacial score (nSPS) is 14.7. The van der Waals surface area contributed by atoms with Crippen LogP contribution in [-0.4, -0.2) is 54.9 Å². The standard InChI is InChI=1S/C25H33N5O2.HI/c1-3-26-25(29-19(2)9-10-20-7-5-4-6-8-20)28-17-21-11-13-22(14-12-21)24(32)30-16-15-27-23(31)18-30;/h4-8,11-14,19H,3,9-10,15-18H2,1-2H3,(H,27,31)(H2,26,28,29);1H. The summed E-state index contributed by atoms with van der Waals surface area (Å²) in [6.45, 7) is 6.67. The number of hydrogen-bond donors (Lipinski definition) is 3. The summed E-state index contributed by atoms with van der Waals surface area (Å²) in [4.78, 5) is 30.4. The van der Waals surface area contributed by atoms with Crippen molar-refractivity contribution in [3.8, 4) is 0 Å². The fraction of sp³-hybridized carbons (Fsp3) is 0.400. The maximum atomic E-state index is 12.6. The summed E-state index contributed by atoms with van der Waals surface area (Å²) in [6.07, 6.45) is 2.03. The van der Waals surface area contributed by atoms with E-state index in [1.165, 1.54) is 5.56 Å². The van der Waals surface area contributed by atoms with Gasteiger partial charge in [-0.2, -0.15) is 0 Å². The number of nitrogens with one attached hydrogen (secondary N) is 3. The van der Waals surface area contributed by atoms with Crippen molar-refractivity contribution in [3.63, 3.8) is 0 Å². The third-order valence-corrected chi connectivity index (χ3v) is 5.38. The molecule has 0 saturated carbocycles. The maximum Gasteiger partial charge on any atom is 0.254 e. The lowest BCUT2D eigenvalue weighted by Gasteiger charge is -2.26. The van der Waals surface area contributed by atoms with Gasteiger partial charge in [0.1, 0.15) is 0 Å². The van der Waals surface area contributed by atoms with Crippen molar-refractivity contribution in [2.45, 2.75) is 39.3 Å². The predicted molar refractivity (Wildman–Crippen MR) is 143 cm³/mol. The molecule has 2 amide bonds. The molecule has 0 radical (unpaired) electrons. The zero-order valence-electron chi connectivity index (χ0n) is 19.3. The lowest BCUT2D eigenvalue weighted by molar-refractivity contribution is -0.123. The molecule has 0 bridgehead atoms. The van der Waals surface area contributed by atoms with Crippen molar-refractivity contribution in [2.75, 3.05) is 26.2 Å². The number of rotatable bonds is 8. The molecule has 178 valence electrons. The number of carbonyl (C=O) groups excluding carboxylic acids is 2. The fourth-order valence-corrected chi connectivity index (χ4v) is 3.57. The minimum absolute atomic E-state index is 0. The van der Waals surface area contributed by atoms with Gasteiger partial charge in [0, 0.05) is 31.2 Å². The number of halogens is 1. The summed E-state index contributed by atoms with van der Waals surface area (Å²) < 4.78 is 0. The van der Waals surface area contributed by atoms with Crippen molar-refractivity contribution in [1.82, 2.24) is 20.9 Å². The van der Waals surface area contributed by atoms with E-state index in [9.17, 15) is 9.59 Å². The van der Waals surface area contributed by atoms with Crippen molar-refractivity contribution in [2.24, 2.45) is 4.99 Å². The van der Waals surface area contributed by atoms with Gasteiger partial charge in [-0.25, -0.2) is 4.99 Å². The second-order valence-corrected chi connectivity index (χ2v) is 8.04. The Balaban J connectivity index is 0.00000385. The van der Waals surface area contributed by atoms with E-state index in [1.54, 1.807) is 4.90 Å². The number of aryl methyl sites for hydroxylation is 1. The highest BCUT2D eigenvalue weighted by atomic mass is 127. The van der Waals surface area contributed by atoms with E-state index in [0.717, 1.165) is 30.9 Å². The number of aliphatic imine (C=N–C) groups is 1. The summed E-state index contributed by atoms with van der Waals surface area (Å²) in [6, 6.07) is 18.2. The molecule has 0 aliphatic carbocycles. The summed E-state index contributed by atoms with van der Waals surface area (Å²) in [5.74, 6) is 0.557. The van der Waals surface area contributed by atoms with Crippen molar-refractivity contribution in [3.05, 3.63) is 71.3 Å². The van der Waals surface area contributed by atoms with Gasteiger partial charge < -0.3 is 20.9 Å². The second kappa shape index (κ2) is 13.8. The molecule has 1 aliphatic heterocycles. The quantitative estimate of drug-likeness (QED) is 0.262. The van der Waals surface area contributed by atoms with Crippen LogP contribution in [0.2, 0.25) is 0 Å². The Morgan fingerprint density at radius 2 is 1.85 bits per heavy atom. The number of benzene rings is 2. The molecular formula is C25H34IN5O2. The van der Waals surface area contributed by atoms with E-state index in [1.807, 2.05) is 37.3 Å². The summed E-state index contributed by atoms with van der Waals surface area (Å²) in [7, 11) is 0. The topological polar surface area (TPSA) is 85.8 Å². The minimum atomic E-state index is -0.114. The lowest BCUT2D eigenvalue weighted by atomic mass is 10.1. The highest BCUT2D eigenvalue weighted by Gasteiger charge is 2.22. The first kappa shape index (κ1) is 26.6. The van der Waals surface area contributed by atoms with E-state index < -0.39 is 0 Å². The van der Waals surface area contributed by atoms with Crippen molar-refractivity contribution >= 4 is 41.8 Å². The fourth-order valence-electron chi connectivity index (χ4n) is 3.57. The van der Waals surface area contributed by atoms with Crippen LogP contribution >= 0.6 is 24.0 Å². The molecule has 0 aromatic heterocycles. The molecule has 2 aromatic carbocycles. The smallest absolute Gasteiger partial charge is 0.254 e. The van der Waals surface area contributed by atoms with Crippen LogP contribution in [0.3, 0.4) is 0 Å². The molecule has 1 aliphatic rings. The number of nitrogens with zero attached hydrogens (tertiary/aromatic N) is 2. The van der Waals surface area contributed by atoms with Gasteiger partial charge in [-0.05, 0) is 49.9 Å². The summed E-state index contributed by atoms with van der Waals surface area (Å²) >= 11 is 0. The van der Waals surface area contributed by atoms with Crippen molar-refractivity contribution in [1.29, 1.82) is 0 Å². The summed E-state index contributed by atoms with van der Waals surface area (Å²) in [5.41, 5.74) is 2.95. The van der Waals surface area contributed by atoms with E-state index in [0.29, 0.717) is 25.2 Å². The van der Waals surface area contributed by atoms with Gasteiger partial charge in [-0.15, -0.1) is 24.0 Å². The molecule has 7 nitrogen and oxygen atoms in total. The Kier molecular flexibility index (Phi) is 11.2. The molecule has 8 heteroatoms. The zero-order valence-corrected chi connectivity index (χ0v) is 21.7. The van der Waals surface area contributed by atoms with Gasteiger partial charge in [0.05, 0.1) is 13.1 Å². The maximum absolute atomic E-state index is 12.6. The molecule has 33 heavy (non-hydrogen) atoms. The highest BCUT2D eigenvalue weighted by molar-refractivity contribution is 14.0. The second-order valence-electron chi connectivity index (χ2n) is 8.04. The average molecular weight is 563 g/mol. The Morgan fingerprint density at radius 1 is 1.12 bits per heavy atom. The van der Waals surface area contributed by atoms with E-state index in [-0.39, 0.29) is 48.4 Å². The molecular weight excluding hydrogens is 529 g/mol. The molecule has 3 rings (SSSR count). The van der Waals surface area contributed by atoms with Gasteiger partial charge in [0.2, 0.25) is 5.91 Å². The van der Waals surface area contributed by atoms with Gasteiger partial charge in [-0.1, -0.05) is 42.5 Å². The molecule has 1 saturated heterocycles. The van der Waals surface area contributed by atoms with E-state index in [4.69, 9.17) is 4.99 Å². The first-order chi connectivity index (χ1) is 15.5. The largest absolute Gasteiger partial charge is 0.357 e. The van der Waals surface area contributed by atoms with Crippen molar-refractivity contribution < 1.29 is 9.59 Å². The van der Waals surface area contributed by atoms with Crippen LogP contribution in [-0.2, 0) is 17.8 Å². The highest BCUT2D eigenvalue weighted by Crippen LogP contribution is 2.10. The zero-order chi connectivity index (χ0) is 22.8. The molecule has 2 aromatic rings. The monoisotopic (exact) mass is 563 g/mol. The van der Waals surface area contributed by atoms with Crippen LogP contribution < -0.4 is 16.0 Å². The van der Waals surface area contributed by atoms with Gasteiger partial charge in [0.15, 0.2) is 5.96 Å². The first-order valence-electron chi connectivity index (χ1n) is 11.3. The molecule has 1 unspecified atom stereocenters. The molecule has 1 heterocycles. The van der Waals surface area contributed by atoms with Crippen LogP contribution in [0.25, 0.3) is 0 Å². The molecule has 0 spiro atoms.